The Morgan fingerprint density at radius 1 is 1.05 bits per heavy atom. The van der Waals surface area contributed by atoms with E-state index in [1.165, 1.54) is 38.5 Å². The maximum absolute atomic E-state index is 12.8. The van der Waals surface area contributed by atoms with Gasteiger partial charge in [-0.2, -0.15) is 0 Å². The Kier molecular flexibility index (Phi) is 3.29. The van der Waals surface area contributed by atoms with Crippen LogP contribution in [0.5, 0.6) is 0 Å². The van der Waals surface area contributed by atoms with Gasteiger partial charge < -0.3 is 10.6 Å². The molecule has 0 spiro atoms. The molecule has 0 aromatic rings. The first kappa shape index (κ1) is 13.1. The number of hydrogen-bond acceptors (Lipinski definition) is 2. The Morgan fingerprint density at radius 3 is 2.30 bits per heavy atom. The highest BCUT2D eigenvalue weighted by molar-refractivity contribution is 5.80. The van der Waals surface area contributed by atoms with Crippen molar-refractivity contribution in [2.24, 2.45) is 29.6 Å². The third-order valence-corrected chi connectivity index (χ3v) is 6.62. The Balaban J connectivity index is 1.43. The second kappa shape index (κ2) is 5.01. The van der Waals surface area contributed by atoms with E-state index in [9.17, 15) is 4.79 Å². The zero-order chi connectivity index (χ0) is 13.7. The zero-order valence-corrected chi connectivity index (χ0v) is 12.6. The first-order chi connectivity index (χ1) is 9.70. The first-order valence-corrected chi connectivity index (χ1v) is 8.74. The van der Waals surface area contributed by atoms with Crippen molar-refractivity contribution in [1.82, 2.24) is 10.6 Å². The lowest BCUT2D eigenvalue weighted by Gasteiger charge is -2.54. The van der Waals surface area contributed by atoms with Crippen molar-refractivity contribution in [2.45, 2.75) is 64.0 Å². The van der Waals surface area contributed by atoms with Crippen LogP contribution in [0, 0.1) is 29.6 Å². The SMILES string of the molecule is CC1NCCCC1NC(=O)C1C2CC3CC(C2)CC1C3. The van der Waals surface area contributed by atoms with Gasteiger partial charge in [-0.15, -0.1) is 0 Å². The van der Waals surface area contributed by atoms with Crippen LogP contribution in [-0.2, 0) is 4.79 Å². The molecule has 5 aliphatic rings. The summed E-state index contributed by atoms with van der Waals surface area (Å²) in [6, 6.07) is 0.790. The number of carbonyl (C=O) groups excluding carboxylic acids is 1. The number of piperidine rings is 1. The summed E-state index contributed by atoms with van der Waals surface area (Å²) in [5.41, 5.74) is 0. The molecule has 1 aliphatic heterocycles. The van der Waals surface area contributed by atoms with Gasteiger partial charge in [0.2, 0.25) is 5.91 Å². The Morgan fingerprint density at radius 2 is 1.70 bits per heavy atom. The van der Waals surface area contributed by atoms with E-state index in [-0.39, 0.29) is 0 Å². The normalized spacial score (nSPS) is 50.1. The second-order valence-electron chi connectivity index (χ2n) is 7.96. The fourth-order valence-electron chi connectivity index (χ4n) is 5.87. The Labute approximate surface area is 122 Å². The van der Waals surface area contributed by atoms with Crippen LogP contribution in [0.3, 0.4) is 0 Å². The van der Waals surface area contributed by atoms with Crippen molar-refractivity contribution in [3.63, 3.8) is 0 Å². The minimum Gasteiger partial charge on any atom is -0.352 e. The number of nitrogens with one attached hydrogen (secondary N) is 2. The van der Waals surface area contributed by atoms with E-state index >= 15 is 0 Å². The van der Waals surface area contributed by atoms with Gasteiger partial charge in [-0.1, -0.05) is 0 Å². The van der Waals surface area contributed by atoms with Crippen molar-refractivity contribution in [3.8, 4) is 0 Å². The molecule has 3 nitrogen and oxygen atoms in total. The van der Waals surface area contributed by atoms with E-state index in [1.54, 1.807) is 0 Å². The lowest BCUT2D eigenvalue weighted by Crippen LogP contribution is -2.57. The molecule has 4 saturated carbocycles. The molecule has 3 heteroatoms. The van der Waals surface area contributed by atoms with Gasteiger partial charge in [0.05, 0.1) is 0 Å². The summed E-state index contributed by atoms with van der Waals surface area (Å²) < 4.78 is 0. The highest BCUT2D eigenvalue weighted by atomic mass is 16.2. The lowest BCUT2D eigenvalue weighted by atomic mass is 9.51. The van der Waals surface area contributed by atoms with Crippen LogP contribution in [0.4, 0.5) is 0 Å². The average molecular weight is 276 g/mol. The molecule has 0 radical (unpaired) electrons. The van der Waals surface area contributed by atoms with Gasteiger partial charge in [0.25, 0.3) is 0 Å². The zero-order valence-electron chi connectivity index (χ0n) is 12.6. The summed E-state index contributed by atoms with van der Waals surface area (Å²) in [6.45, 7) is 3.31. The van der Waals surface area contributed by atoms with E-state index in [0.29, 0.717) is 35.7 Å². The van der Waals surface area contributed by atoms with Gasteiger partial charge in [-0.25, -0.2) is 0 Å². The molecule has 1 amide bonds. The molecule has 1 heterocycles. The smallest absolute Gasteiger partial charge is 0.223 e. The maximum Gasteiger partial charge on any atom is 0.223 e. The van der Waals surface area contributed by atoms with Crippen LogP contribution in [0.1, 0.15) is 51.9 Å². The summed E-state index contributed by atoms with van der Waals surface area (Å²) in [6.07, 6.45) is 9.15. The predicted octanol–water partition coefficient (Wildman–Crippen LogP) is 2.32. The van der Waals surface area contributed by atoms with Crippen molar-refractivity contribution < 1.29 is 4.79 Å². The molecule has 20 heavy (non-hydrogen) atoms. The summed E-state index contributed by atoms with van der Waals surface area (Å²) in [5.74, 6) is 4.06. The standard InChI is InChI=1S/C17H28N2O/c1-10-15(3-2-4-18-10)19-17(20)16-13-6-11-5-12(8-13)9-14(16)7-11/h10-16,18H,2-9H2,1H3,(H,19,20). The van der Waals surface area contributed by atoms with Gasteiger partial charge >= 0.3 is 0 Å². The van der Waals surface area contributed by atoms with Crippen LogP contribution >= 0.6 is 0 Å². The van der Waals surface area contributed by atoms with Crippen molar-refractivity contribution >= 4 is 5.91 Å². The molecule has 0 aromatic carbocycles. The lowest BCUT2D eigenvalue weighted by molar-refractivity contribution is -0.139. The molecular weight excluding hydrogens is 248 g/mol. The highest BCUT2D eigenvalue weighted by Crippen LogP contribution is 2.56. The van der Waals surface area contributed by atoms with Gasteiger partial charge in [-0.05, 0) is 82.1 Å². The van der Waals surface area contributed by atoms with Gasteiger partial charge in [0.15, 0.2) is 0 Å². The van der Waals surface area contributed by atoms with Crippen molar-refractivity contribution in [1.29, 1.82) is 0 Å². The quantitative estimate of drug-likeness (QED) is 0.812. The van der Waals surface area contributed by atoms with Crippen LogP contribution in [0.2, 0.25) is 0 Å². The third-order valence-electron chi connectivity index (χ3n) is 6.62. The molecule has 2 N–H and O–H groups in total. The minimum atomic E-state index is 0.344. The fraction of sp³-hybridized carbons (Fsp3) is 0.941. The van der Waals surface area contributed by atoms with E-state index in [2.05, 4.69) is 17.6 Å². The first-order valence-electron chi connectivity index (χ1n) is 8.74. The summed E-state index contributed by atoms with van der Waals surface area (Å²) in [7, 11) is 0. The average Bonchev–Trinajstić information content (AvgIpc) is 2.40. The van der Waals surface area contributed by atoms with E-state index in [1.807, 2.05) is 0 Å². The topological polar surface area (TPSA) is 41.1 Å². The van der Waals surface area contributed by atoms with Crippen molar-refractivity contribution in [3.05, 3.63) is 0 Å². The minimum absolute atomic E-state index is 0.344. The van der Waals surface area contributed by atoms with E-state index < -0.39 is 0 Å². The molecule has 5 fully saturated rings. The van der Waals surface area contributed by atoms with Crippen LogP contribution in [0.15, 0.2) is 0 Å². The second-order valence-corrected chi connectivity index (χ2v) is 7.96. The molecule has 1 saturated heterocycles. The summed E-state index contributed by atoms with van der Waals surface area (Å²) in [5, 5.41) is 6.89. The van der Waals surface area contributed by atoms with Crippen LogP contribution < -0.4 is 10.6 Å². The fourth-order valence-corrected chi connectivity index (χ4v) is 5.87. The van der Waals surface area contributed by atoms with E-state index in [4.69, 9.17) is 0 Å². The number of carbonyl (C=O) groups is 1. The van der Waals surface area contributed by atoms with Gasteiger partial charge in [0.1, 0.15) is 0 Å². The molecule has 4 aliphatic carbocycles. The van der Waals surface area contributed by atoms with Crippen LogP contribution in [-0.4, -0.2) is 24.5 Å². The molecular formula is C17H28N2O. The summed E-state index contributed by atoms with van der Waals surface area (Å²) in [4.78, 5) is 12.8. The molecule has 4 bridgehead atoms. The Bertz CT molecular complexity index is 366. The maximum atomic E-state index is 12.8. The largest absolute Gasteiger partial charge is 0.352 e. The molecule has 0 aromatic heterocycles. The number of rotatable bonds is 2. The van der Waals surface area contributed by atoms with E-state index in [0.717, 1.165) is 24.8 Å². The monoisotopic (exact) mass is 276 g/mol. The Hall–Kier alpha value is -0.570. The number of hydrogen-bond donors (Lipinski definition) is 2. The van der Waals surface area contributed by atoms with Crippen LogP contribution in [0.25, 0.3) is 0 Å². The van der Waals surface area contributed by atoms with Gasteiger partial charge in [-0.3, -0.25) is 4.79 Å². The third kappa shape index (κ3) is 2.18. The van der Waals surface area contributed by atoms with Crippen molar-refractivity contribution in [2.75, 3.05) is 6.54 Å². The summed E-state index contributed by atoms with van der Waals surface area (Å²) >= 11 is 0. The molecule has 2 unspecified atom stereocenters. The molecule has 5 rings (SSSR count). The molecule has 112 valence electrons. The molecule has 2 atom stereocenters. The van der Waals surface area contributed by atoms with Gasteiger partial charge in [0, 0.05) is 18.0 Å². The number of amides is 1. The highest BCUT2D eigenvalue weighted by Gasteiger charge is 2.50. The predicted molar refractivity (Wildman–Crippen MR) is 79.2 cm³/mol.